The van der Waals surface area contributed by atoms with Crippen molar-refractivity contribution in [2.45, 2.75) is 26.1 Å². The van der Waals surface area contributed by atoms with E-state index in [1.165, 1.54) is 0 Å². The first-order valence-corrected chi connectivity index (χ1v) is 4.86. The van der Waals surface area contributed by atoms with Crippen molar-refractivity contribution in [1.82, 2.24) is 19.6 Å². The van der Waals surface area contributed by atoms with Crippen LogP contribution in [0.3, 0.4) is 0 Å². The number of aryl methyl sites for hydroxylation is 2. The molecule has 2 aromatic rings. The number of rotatable bonds is 1. The molecule has 0 saturated heterocycles. The standard InChI is InChI=1S/C9H11ClN4/c1-5-4-11-7(3)9-12-8(6(2)10)13-14(5)9/h4,6H,1-3H3. The van der Waals surface area contributed by atoms with Crippen LogP contribution in [-0.4, -0.2) is 19.6 Å². The normalized spacial score (nSPS) is 13.4. The minimum atomic E-state index is -0.173. The second-order valence-electron chi connectivity index (χ2n) is 3.31. The first kappa shape index (κ1) is 9.40. The van der Waals surface area contributed by atoms with E-state index in [1.54, 1.807) is 10.7 Å². The molecule has 0 fully saturated rings. The summed E-state index contributed by atoms with van der Waals surface area (Å²) in [4.78, 5) is 8.54. The van der Waals surface area contributed by atoms with Crippen molar-refractivity contribution in [2.24, 2.45) is 0 Å². The van der Waals surface area contributed by atoms with Crippen molar-refractivity contribution in [3.05, 3.63) is 23.4 Å². The molecule has 0 aliphatic carbocycles. The first-order valence-electron chi connectivity index (χ1n) is 4.42. The summed E-state index contributed by atoms with van der Waals surface area (Å²) >= 11 is 5.92. The Morgan fingerprint density at radius 2 is 2.14 bits per heavy atom. The number of nitrogens with zero attached hydrogens (tertiary/aromatic N) is 4. The van der Waals surface area contributed by atoms with Crippen LogP contribution < -0.4 is 0 Å². The lowest BCUT2D eigenvalue weighted by atomic mass is 10.4. The Morgan fingerprint density at radius 3 is 2.71 bits per heavy atom. The summed E-state index contributed by atoms with van der Waals surface area (Å²) in [6.45, 7) is 5.71. The van der Waals surface area contributed by atoms with Gasteiger partial charge in [0.15, 0.2) is 11.5 Å². The summed E-state index contributed by atoms with van der Waals surface area (Å²) in [7, 11) is 0. The average molecular weight is 211 g/mol. The van der Waals surface area contributed by atoms with Gasteiger partial charge in [-0.25, -0.2) is 9.50 Å². The molecule has 0 radical (unpaired) electrons. The molecule has 0 amide bonds. The van der Waals surface area contributed by atoms with Crippen molar-refractivity contribution in [2.75, 3.05) is 0 Å². The lowest BCUT2D eigenvalue weighted by Gasteiger charge is -1.97. The van der Waals surface area contributed by atoms with E-state index in [1.807, 2.05) is 20.8 Å². The SMILES string of the molecule is Cc1ncc(C)n2nc(C(C)Cl)nc12. The predicted octanol–water partition coefficient (Wildman–Crippen LogP) is 2.04. The number of aromatic nitrogens is 4. The lowest BCUT2D eigenvalue weighted by Crippen LogP contribution is -1.97. The van der Waals surface area contributed by atoms with Gasteiger partial charge in [0.2, 0.25) is 0 Å². The van der Waals surface area contributed by atoms with Crippen LogP contribution in [0.2, 0.25) is 0 Å². The fourth-order valence-corrected chi connectivity index (χ4v) is 1.37. The van der Waals surface area contributed by atoms with Crippen LogP contribution in [0.25, 0.3) is 5.65 Å². The molecule has 0 N–H and O–H groups in total. The van der Waals surface area contributed by atoms with Gasteiger partial charge in [-0.3, -0.25) is 4.98 Å². The molecule has 2 aromatic heterocycles. The molecule has 0 aromatic carbocycles. The molecule has 2 heterocycles. The Balaban J connectivity index is 2.75. The van der Waals surface area contributed by atoms with Crippen molar-refractivity contribution in [3.63, 3.8) is 0 Å². The highest BCUT2D eigenvalue weighted by atomic mass is 35.5. The Kier molecular flexibility index (Phi) is 2.15. The van der Waals surface area contributed by atoms with Crippen molar-refractivity contribution >= 4 is 17.2 Å². The van der Waals surface area contributed by atoms with Crippen LogP contribution in [0.1, 0.15) is 29.5 Å². The highest BCUT2D eigenvalue weighted by Crippen LogP contribution is 2.17. The largest absolute Gasteiger partial charge is 0.256 e. The van der Waals surface area contributed by atoms with Gasteiger partial charge in [-0.2, -0.15) is 0 Å². The van der Waals surface area contributed by atoms with Crippen LogP contribution >= 0.6 is 11.6 Å². The second-order valence-corrected chi connectivity index (χ2v) is 3.96. The van der Waals surface area contributed by atoms with Gasteiger partial charge in [-0.1, -0.05) is 0 Å². The number of halogens is 1. The predicted molar refractivity (Wildman–Crippen MR) is 54.5 cm³/mol. The zero-order valence-corrected chi connectivity index (χ0v) is 9.08. The van der Waals surface area contributed by atoms with E-state index in [9.17, 15) is 0 Å². The van der Waals surface area contributed by atoms with Crippen LogP contribution in [0.4, 0.5) is 0 Å². The third-order valence-electron chi connectivity index (χ3n) is 2.08. The summed E-state index contributed by atoms with van der Waals surface area (Å²) in [5.74, 6) is 0.644. The Hall–Kier alpha value is -1.16. The highest BCUT2D eigenvalue weighted by Gasteiger charge is 2.11. The third kappa shape index (κ3) is 1.35. The Labute approximate surface area is 86.9 Å². The summed E-state index contributed by atoms with van der Waals surface area (Å²) < 4.78 is 1.77. The maximum atomic E-state index is 5.92. The zero-order chi connectivity index (χ0) is 10.3. The summed E-state index contributed by atoms with van der Waals surface area (Å²) in [5, 5.41) is 4.13. The molecule has 0 aliphatic rings. The zero-order valence-electron chi connectivity index (χ0n) is 8.32. The van der Waals surface area contributed by atoms with Gasteiger partial charge < -0.3 is 0 Å². The Morgan fingerprint density at radius 1 is 1.43 bits per heavy atom. The molecule has 0 saturated carbocycles. The van der Waals surface area contributed by atoms with Crippen LogP contribution in [0.5, 0.6) is 0 Å². The van der Waals surface area contributed by atoms with Crippen molar-refractivity contribution in [3.8, 4) is 0 Å². The van der Waals surface area contributed by atoms with Crippen LogP contribution in [0, 0.1) is 13.8 Å². The Bertz CT molecular complexity index is 436. The fourth-order valence-electron chi connectivity index (χ4n) is 1.28. The van der Waals surface area contributed by atoms with Gasteiger partial charge in [0.1, 0.15) is 0 Å². The summed E-state index contributed by atoms with van der Waals surface area (Å²) in [5.41, 5.74) is 2.61. The molecule has 0 bridgehead atoms. The van der Waals surface area contributed by atoms with Gasteiger partial charge >= 0.3 is 0 Å². The molecular weight excluding hydrogens is 200 g/mol. The van der Waals surface area contributed by atoms with Crippen molar-refractivity contribution < 1.29 is 0 Å². The highest BCUT2D eigenvalue weighted by molar-refractivity contribution is 6.20. The van der Waals surface area contributed by atoms with Gasteiger partial charge in [-0.15, -0.1) is 16.7 Å². The maximum absolute atomic E-state index is 5.92. The van der Waals surface area contributed by atoms with E-state index >= 15 is 0 Å². The van der Waals surface area contributed by atoms with Crippen molar-refractivity contribution in [1.29, 1.82) is 0 Å². The van der Waals surface area contributed by atoms with E-state index < -0.39 is 0 Å². The van der Waals surface area contributed by atoms with Gasteiger partial charge in [0, 0.05) is 6.20 Å². The van der Waals surface area contributed by atoms with Crippen LogP contribution in [0.15, 0.2) is 6.20 Å². The lowest BCUT2D eigenvalue weighted by molar-refractivity contribution is 0.837. The van der Waals surface area contributed by atoms with E-state index in [0.717, 1.165) is 17.0 Å². The minimum Gasteiger partial charge on any atom is -0.256 e. The molecule has 4 nitrogen and oxygen atoms in total. The molecule has 14 heavy (non-hydrogen) atoms. The summed E-state index contributed by atoms with van der Waals surface area (Å²) in [6, 6.07) is 0. The molecule has 5 heteroatoms. The van der Waals surface area contributed by atoms with E-state index in [0.29, 0.717) is 5.82 Å². The second kappa shape index (κ2) is 3.20. The molecule has 1 atom stereocenters. The van der Waals surface area contributed by atoms with E-state index in [4.69, 9.17) is 11.6 Å². The number of fused-ring (bicyclic) bond motifs is 1. The topological polar surface area (TPSA) is 43.1 Å². The fraction of sp³-hybridized carbons (Fsp3) is 0.444. The average Bonchev–Trinajstić information content (AvgIpc) is 2.57. The quantitative estimate of drug-likeness (QED) is 0.677. The number of alkyl halides is 1. The molecule has 0 spiro atoms. The van der Waals surface area contributed by atoms with Gasteiger partial charge in [0.25, 0.3) is 0 Å². The smallest absolute Gasteiger partial charge is 0.177 e. The molecule has 2 rings (SSSR count). The van der Waals surface area contributed by atoms with E-state index in [2.05, 4.69) is 15.1 Å². The number of hydrogen-bond donors (Lipinski definition) is 0. The molecule has 74 valence electrons. The molecule has 0 aliphatic heterocycles. The van der Waals surface area contributed by atoms with Crippen LogP contribution in [-0.2, 0) is 0 Å². The molecular formula is C9H11ClN4. The number of hydrogen-bond acceptors (Lipinski definition) is 3. The van der Waals surface area contributed by atoms with Gasteiger partial charge in [0.05, 0.1) is 16.8 Å². The minimum absolute atomic E-state index is 0.173. The maximum Gasteiger partial charge on any atom is 0.177 e. The third-order valence-corrected chi connectivity index (χ3v) is 2.28. The monoisotopic (exact) mass is 210 g/mol. The van der Waals surface area contributed by atoms with Gasteiger partial charge in [-0.05, 0) is 20.8 Å². The van der Waals surface area contributed by atoms with E-state index in [-0.39, 0.29) is 5.38 Å². The summed E-state index contributed by atoms with van der Waals surface area (Å²) in [6.07, 6.45) is 1.78. The first-order chi connectivity index (χ1) is 6.59. The molecule has 1 unspecified atom stereocenters.